The molecule has 1 fully saturated rings. The average molecular weight is 517 g/mol. The van der Waals surface area contributed by atoms with E-state index in [1.54, 1.807) is 24.3 Å². The molecule has 1 aliphatic rings. The lowest BCUT2D eigenvalue weighted by atomic mass is 10.1. The summed E-state index contributed by atoms with van der Waals surface area (Å²) in [7, 11) is 1.32. The highest BCUT2D eigenvalue weighted by atomic mass is 32.1. The molecule has 8 nitrogen and oxygen atoms in total. The number of aryl methyl sites for hydroxylation is 1. The van der Waals surface area contributed by atoms with Gasteiger partial charge in [-0.3, -0.25) is 14.9 Å². The van der Waals surface area contributed by atoms with Gasteiger partial charge in [-0.1, -0.05) is 35.9 Å². The quantitative estimate of drug-likeness (QED) is 0.393. The van der Waals surface area contributed by atoms with E-state index in [-0.39, 0.29) is 16.9 Å². The van der Waals surface area contributed by atoms with Gasteiger partial charge in [-0.2, -0.15) is 0 Å². The number of rotatable bonds is 5. The lowest BCUT2D eigenvalue weighted by Crippen LogP contribution is -2.49. The van der Waals surface area contributed by atoms with Crippen LogP contribution in [0.15, 0.2) is 72.8 Å². The van der Waals surface area contributed by atoms with Gasteiger partial charge in [-0.15, -0.1) is 0 Å². The molecule has 2 amide bonds. The molecule has 0 aromatic heterocycles. The van der Waals surface area contributed by atoms with Crippen molar-refractivity contribution in [2.45, 2.75) is 6.92 Å². The van der Waals surface area contributed by atoms with E-state index in [9.17, 15) is 14.4 Å². The summed E-state index contributed by atoms with van der Waals surface area (Å²) < 4.78 is 4.87. The van der Waals surface area contributed by atoms with Gasteiger partial charge in [-0.05, 0) is 61.6 Å². The number of benzene rings is 3. The first kappa shape index (κ1) is 25.8. The molecular weight excluding hydrogens is 488 g/mol. The Labute approximate surface area is 221 Å². The van der Waals surface area contributed by atoms with E-state index >= 15 is 0 Å². The number of methoxy groups -OCH3 is 1. The molecule has 0 unspecified atom stereocenters. The average Bonchev–Trinajstić information content (AvgIpc) is 2.93. The van der Waals surface area contributed by atoms with Crippen molar-refractivity contribution >= 4 is 46.5 Å². The SMILES string of the molecule is COC(=O)c1ccc(N2CCN(C(=O)c3ccccc3)CC2)c(NC(=S)NC(=O)c2ccc(C)cc2)c1. The van der Waals surface area contributed by atoms with E-state index in [0.29, 0.717) is 48.6 Å². The Bertz CT molecular complexity index is 1300. The fourth-order valence-electron chi connectivity index (χ4n) is 4.10. The van der Waals surface area contributed by atoms with E-state index in [1.165, 1.54) is 7.11 Å². The van der Waals surface area contributed by atoms with Crippen LogP contribution in [0, 0.1) is 6.92 Å². The smallest absolute Gasteiger partial charge is 0.337 e. The van der Waals surface area contributed by atoms with Gasteiger partial charge in [0.2, 0.25) is 0 Å². The van der Waals surface area contributed by atoms with Crippen LogP contribution in [-0.2, 0) is 4.74 Å². The van der Waals surface area contributed by atoms with E-state index in [0.717, 1.165) is 11.3 Å². The van der Waals surface area contributed by atoms with E-state index in [4.69, 9.17) is 17.0 Å². The molecule has 0 spiro atoms. The number of carbonyl (C=O) groups is 3. The summed E-state index contributed by atoms with van der Waals surface area (Å²) in [5.74, 6) is -0.821. The van der Waals surface area contributed by atoms with Crippen molar-refractivity contribution in [2.24, 2.45) is 0 Å². The van der Waals surface area contributed by atoms with Crippen LogP contribution in [-0.4, -0.2) is 61.1 Å². The zero-order valence-electron chi connectivity index (χ0n) is 20.7. The van der Waals surface area contributed by atoms with Gasteiger partial charge in [-0.25, -0.2) is 4.79 Å². The summed E-state index contributed by atoms with van der Waals surface area (Å²) in [6.45, 7) is 4.21. The molecule has 0 bridgehead atoms. The summed E-state index contributed by atoms with van der Waals surface area (Å²) >= 11 is 5.41. The second-order valence-corrected chi connectivity index (χ2v) is 9.05. The van der Waals surface area contributed by atoms with Gasteiger partial charge in [0.05, 0.1) is 24.0 Å². The van der Waals surface area contributed by atoms with Crippen LogP contribution in [0.25, 0.3) is 0 Å². The van der Waals surface area contributed by atoms with Gasteiger partial charge >= 0.3 is 5.97 Å². The second kappa shape index (κ2) is 11.7. The third-order valence-corrected chi connectivity index (χ3v) is 6.34. The monoisotopic (exact) mass is 516 g/mol. The van der Waals surface area contributed by atoms with Gasteiger partial charge in [0.1, 0.15) is 0 Å². The van der Waals surface area contributed by atoms with Crippen molar-refractivity contribution in [1.82, 2.24) is 10.2 Å². The first-order valence-electron chi connectivity index (χ1n) is 11.9. The Morgan fingerprint density at radius 3 is 2.14 bits per heavy atom. The largest absolute Gasteiger partial charge is 0.465 e. The minimum atomic E-state index is -0.484. The number of ether oxygens (including phenoxy) is 1. The van der Waals surface area contributed by atoms with Crippen LogP contribution < -0.4 is 15.5 Å². The summed E-state index contributed by atoms with van der Waals surface area (Å²) in [4.78, 5) is 41.6. The summed E-state index contributed by atoms with van der Waals surface area (Å²) in [6, 6.07) is 21.5. The fraction of sp³-hybridized carbons (Fsp3) is 0.214. The molecule has 1 heterocycles. The Morgan fingerprint density at radius 2 is 1.49 bits per heavy atom. The first-order valence-corrected chi connectivity index (χ1v) is 12.3. The van der Waals surface area contributed by atoms with Crippen LogP contribution in [0.2, 0.25) is 0 Å². The maximum Gasteiger partial charge on any atom is 0.337 e. The first-order chi connectivity index (χ1) is 17.9. The number of thiocarbonyl (C=S) groups is 1. The molecule has 0 saturated carbocycles. The van der Waals surface area contributed by atoms with Crippen molar-refractivity contribution in [3.8, 4) is 0 Å². The maximum absolute atomic E-state index is 12.8. The second-order valence-electron chi connectivity index (χ2n) is 8.64. The highest BCUT2D eigenvalue weighted by Crippen LogP contribution is 2.29. The van der Waals surface area contributed by atoms with Crippen molar-refractivity contribution in [3.05, 3.63) is 95.1 Å². The number of nitrogens with one attached hydrogen (secondary N) is 2. The van der Waals surface area contributed by atoms with E-state index in [2.05, 4.69) is 15.5 Å². The van der Waals surface area contributed by atoms with Crippen LogP contribution in [0.4, 0.5) is 11.4 Å². The summed E-state index contributed by atoms with van der Waals surface area (Å²) in [6.07, 6.45) is 0. The van der Waals surface area contributed by atoms with E-state index < -0.39 is 5.97 Å². The van der Waals surface area contributed by atoms with Crippen LogP contribution >= 0.6 is 12.2 Å². The molecule has 3 aromatic carbocycles. The fourth-order valence-corrected chi connectivity index (χ4v) is 4.31. The predicted octanol–water partition coefficient (Wildman–Crippen LogP) is 3.87. The van der Waals surface area contributed by atoms with Crippen LogP contribution in [0.1, 0.15) is 36.6 Å². The molecule has 0 radical (unpaired) electrons. The molecule has 3 aromatic rings. The third kappa shape index (κ3) is 6.31. The molecule has 2 N–H and O–H groups in total. The molecule has 1 aliphatic heterocycles. The maximum atomic E-state index is 12.8. The molecule has 4 rings (SSSR count). The summed E-state index contributed by atoms with van der Waals surface area (Å²) in [5, 5.41) is 5.86. The molecule has 1 saturated heterocycles. The zero-order valence-corrected chi connectivity index (χ0v) is 21.5. The highest BCUT2D eigenvalue weighted by Gasteiger charge is 2.24. The number of piperazine rings is 1. The van der Waals surface area contributed by atoms with E-state index in [1.807, 2.05) is 60.4 Å². The van der Waals surface area contributed by atoms with Gasteiger partial charge in [0.15, 0.2) is 5.11 Å². The lowest BCUT2D eigenvalue weighted by Gasteiger charge is -2.37. The number of esters is 1. The van der Waals surface area contributed by atoms with Crippen molar-refractivity contribution in [1.29, 1.82) is 0 Å². The molecule has 190 valence electrons. The number of hydrogen-bond donors (Lipinski definition) is 2. The molecule has 9 heteroatoms. The molecule has 0 atom stereocenters. The third-order valence-electron chi connectivity index (χ3n) is 6.13. The topological polar surface area (TPSA) is 91.0 Å². The lowest BCUT2D eigenvalue weighted by molar-refractivity contribution is 0.0600. The molecule has 37 heavy (non-hydrogen) atoms. The Morgan fingerprint density at radius 1 is 0.838 bits per heavy atom. The van der Waals surface area contributed by atoms with Crippen LogP contribution in [0.5, 0.6) is 0 Å². The minimum Gasteiger partial charge on any atom is -0.465 e. The van der Waals surface area contributed by atoms with Crippen LogP contribution in [0.3, 0.4) is 0 Å². The van der Waals surface area contributed by atoms with Gasteiger partial charge < -0.3 is 19.9 Å². The number of nitrogens with zero attached hydrogens (tertiary/aromatic N) is 2. The molecular formula is C28H28N4O4S. The Kier molecular flexibility index (Phi) is 8.15. The number of hydrogen-bond acceptors (Lipinski definition) is 6. The zero-order chi connectivity index (χ0) is 26.4. The number of anilines is 2. The van der Waals surface area contributed by atoms with Crippen molar-refractivity contribution in [3.63, 3.8) is 0 Å². The normalized spacial score (nSPS) is 13.0. The predicted molar refractivity (Wildman–Crippen MR) is 147 cm³/mol. The standard InChI is InChI=1S/C28H28N4O4S/c1-19-8-10-20(11-9-19)25(33)30-28(37)29-23-18-22(27(35)36-2)12-13-24(23)31-14-16-32(17-15-31)26(34)21-6-4-3-5-7-21/h3-13,18H,14-17H2,1-2H3,(H2,29,30,33,37). The number of carbonyl (C=O) groups excluding carboxylic acids is 3. The van der Waals surface area contributed by atoms with Gasteiger partial charge in [0, 0.05) is 37.3 Å². The Hall–Kier alpha value is -4.24. The van der Waals surface area contributed by atoms with Crippen molar-refractivity contribution in [2.75, 3.05) is 43.5 Å². The highest BCUT2D eigenvalue weighted by molar-refractivity contribution is 7.80. The van der Waals surface area contributed by atoms with Gasteiger partial charge in [0.25, 0.3) is 11.8 Å². The molecule has 0 aliphatic carbocycles. The van der Waals surface area contributed by atoms with Crippen molar-refractivity contribution < 1.29 is 19.1 Å². The minimum absolute atomic E-state index is 0.000339. The Balaban J connectivity index is 1.48. The number of amides is 2. The summed E-state index contributed by atoms with van der Waals surface area (Å²) in [5.41, 5.74) is 3.89.